The molecule has 0 saturated carbocycles. The number of hydrogen-bond donors (Lipinski definition) is 2. The molecule has 20 heavy (non-hydrogen) atoms. The predicted octanol–water partition coefficient (Wildman–Crippen LogP) is 1.44. The van der Waals surface area contributed by atoms with Gasteiger partial charge < -0.3 is 15.4 Å². The van der Waals surface area contributed by atoms with Gasteiger partial charge in [0.2, 0.25) is 5.91 Å². The number of halogens is 1. The second kappa shape index (κ2) is 7.24. The number of methoxy groups -OCH3 is 1. The highest BCUT2D eigenvalue weighted by molar-refractivity contribution is 5.76. The summed E-state index contributed by atoms with van der Waals surface area (Å²) >= 11 is 0. The molecule has 0 aromatic heterocycles. The Hall–Kier alpha value is -1.62. The number of hydrogen-bond acceptors (Lipinski definition) is 3. The van der Waals surface area contributed by atoms with Gasteiger partial charge in [0.25, 0.3) is 0 Å². The molecule has 110 valence electrons. The van der Waals surface area contributed by atoms with Gasteiger partial charge in [0, 0.05) is 25.6 Å². The number of para-hydroxylation sites is 1. The molecular formula is C15H21FN2O2. The normalized spacial score (nSPS) is 21.7. The van der Waals surface area contributed by atoms with Crippen LogP contribution in [0.1, 0.15) is 18.4 Å². The van der Waals surface area contributed by atoms with E-state index in [4.69, 9.17) is 4.74 Å². The molecule has 1 fully saturated rings. The van der Waals surface area contributed by atoms with Crippen molar-refractivity contribution in [1.29, 1.82) is 0 Å². The number of aryl methyl sites for hydroxylation is 1. The van der Waals surface area contributed by atoms with Gasteiger partial charge in [-0.25, -0.2) is 4.39 Å². The van der Waals surface area contributed by atoms with Crippen LogP contribution in [0.4, 0.5) is 4.39 Å². The molecule has 1 aromatic rings. The topological polar surface area (TPSA) is 50.4 Å². The summed E-state index contributed by atoms with van der Waals surface area (Å²) in [6.45, 7) is 0.882. The van der Waals surface area contributed by atoms with E-state index in [2.05, 4.69) is 10.6 Å². The average Bonchev–Trinajstić information content (AvgIpc) is 2.89. The third-order valence-electron chi connectivity index (χ3n) is 3.53. The Kier molecular flexibility index (Phi) is 5.35. The molecule has 0 spiro atoms. The third-order valence-corrected chi connectivity index (χ3v) is 3.53. The Morgan fingerprint density at radius 3 is 3.00 bits per heavy atom. The summed E-state index contributed by atoms with van der Waals surface area (Å²) in [4.78, 5) is 11.8. The van der Waals surface area contributed by atoms with Crippen molar-refractivity contribution in [2.45, 2.75) is 31.5 Å². The van der Waals surface area contributed by atoms with E-state index in [0.29, 0.717) is 32.4 Å². The lowest BCUT2D eigenvalue weighted by molar-refractivity contribution is -0.121. The van der Waals surface area contributed by atoms with Gasteiger partial charge in [-0.1, -0.05) is 18.2 Å². The number of nitrogens with one attached hydrogen (secondary N) is 2. The zero-order valence-corrected chi connectivity index (χ0v) is 11.7. The molecule has 1 aliphatic rings. The molecule has 5 heteroatoms. The fraction of sp³-hybridized carbons (Fsp3) is 0.533. The van der Waals surface area contributed by atoms with Crippen molar-refractivity contribution in [3.63, 3.8) is 0 Å². The Morgan fingerprint density at radius 1 is 1.50 bits per heavy atom. The summed E-state index contributed by atoms with van der Waals surface area (Å²) in [6.07, 6.45) is 0.740. The molecule has 2 N–H and O–H groups in total. The van der Waals surface area contributed by atoms with E-state index in [1.165, 1.54) is 0 Å². The van der Waals surface area contributed by atoms with Crippen LogP contribution in [0.3, 0.4) is 0 Å². The Balaban J connectivity index is 1.72. The van der Waals surface area contributed by atoms with Crippen LogP contribution in [-0.4, -0.2) is 38.3 Å². The van der Waals surface area contributed by atoms with Crippen LogP contribution >= 0.6 is 0 Å². The molecule has 1 heterocycles. The highest BCUT2D eigenvalue weighted by Crippen LogP contribution is 2.18. The van der Waals surface area contributed by atoms with Crippen molar-refractivity contribution >= 4 is 5.91 Å². The smallest absolute Gasteiger partial charge is 0.220 e. The number of alkyl halides is 1. The van der Waals surface area contributed by atoms with Crippen molar-refractivity contribution in [1.82, 2.24) is 10.6 Å². The number of rotatable bonds is 6. The minimum atomic E-state index is -0.787. The van der Waals surface area contributed by atoms with Gasteiger partial charge in [-0.05, 0) is 24.5 Å². The monoisotopic (exact) mass is 280 g/mol. The molecule has 1 aromatic carbocycles. The number of ether oxygens (including phenoxy) is 1. The summed E-state index contributed by atoms with van der Waals surface area (Å²) in [5.74, 6) is 0.790. The summed E-state index contributed by atoms with van der Waals surface area (Å²) in [7, 11) is 1.62. The van der Waals surface area contributed by atoms with E-state index in [0.717, 1.165) is 11.3 Å². The summed E-state index contributed by atoms with van der Waals surface area (Å²) in [5.41, 5.74) is 1.02. The quantitative estimate of drug-likeness (QED) is 0.829. The van der Waals surface area contributed by atoms with Gasteiger partial charge in [-0.3, -0.25) is 4.79 Å². The fourth-order valence-electron chi connectivity index (χ4n) is 2.41. The van der Waals surface area contributed by atoms with Crippen molar-refractivity contribution in [3.8, 4) is 5.75 Å². The van der Waals surface area contributed by atoms with Gasteiger partial charge in [0.05, 0.1) is 7.11 Å². The Labute approximate surface area is 118 Å². The molecule has 4 nitrogen and oxygen atoms in total. The second-order valence-electron chi connectivity index (χ2n) is 5.05. The van der Waals surface area contributed by atoms with Gasteiger partial charge in [-0.2, -0.15) is 0 Å². The lowest BCUT2D eigenvalue weighted by Crippen LogP contribution is -2.37. The Bertz CT molecular complexity index is 453. The standard InChI is InChI=1S/C15H21FN2O2/c1-20-14-5-3-2-4-11(14)6-7-15(19)18-10-13-8-12(16)9-17-13/h2-5,12-13,17H,6-10H2,1H3,(H,18,19). The van der Waals surface area contributed by atoms with E-state index in [9.17, 15) is 9.18 Å². The maximum absolute atomic E-state index is 13.0. The van der Waals surface area contributed by atoms with Crippen molar-refractivity contribution in [2.24, 2.45) is 0 Å². The van der Waals surface area contributed by atoms with Crippen LogP contribution in [-0.2, 0) is 11.2 Å². The van der Waals surface area contributed by atoms with Crippen molar-refractivity contribution in [2.75, 3.05) is 20.2 Å². The molecule has 2 rings (SSSR count). The molecule has 0 bridgehead atoms. The maximum atomic E-state index is 13.0. The van der Waals surface area contributed by atoms with E-state index in [1.807, 2.05) is 24.3 Å². The van der Waals surface area contributed by atoms with E-state index in [-0.39, 0.29) is 11.9 Å². The highest BCUT2D eigenvalue weighted by Gasteiger charge is 2.23. The lowest BCUT2D eigenvalue weighted by atomic mass is 10.1. The highest BCUT2D eigenvalue weighted by atomic mass is 19.1. The number of benzene rings is 1. The number of carbonyl (C=O) groups excluding carboxylic acids is 1. The van der Waals surface area contributed by atoms with Crippen LogP contribution in [0.2, 0.25) is 0 Å². The molecule has 1 amide bonds. The zero-order valence-electron chi connectivity index (χ0n) is 11.7. The van der Waals surface area contributed by atoms with E-state index < -0.39 is 6.17 Å². The lowest BCUT2D eigenvalue weighted by Gasteiger charge is -2.12. The van der Waals surface area contributed by atoms with Gasteiger partial charge in [0.15, 0.2) is 0 Å². The summed E-state index contributed by atoms with van der Waals surface area (Å²) in [6, 6.07) is 7.73. The average molecular weight is 280 g/mol. The van der Waals surface area contributed by atoms with Crippen LogP contribution in [0.25, 0.3) is 0 Å². The Morgan fingerprint density at radius 2 is 2.30 bits per heavy atom. The number of carbonyl (C=O) groups is 1. The van der Waals surface area contributed by atoms with Crippen LogP contribution in [0.15, 0.2) is 24.3 Å². The van der Waals surface area contributed by atoms with Gasteiger partial charge in [0.1, 0.15) is 11.9 Å². The van der Waals surface area contributed by atoms with Crippen molar-refractivity contribution < 1.29 is 13.9 Å². The first-order chi connectivity index (χ1) is 9.69. The molecule has 1 aliphatic heterocycles. The maximum Gasteiger partial charge on any atom is 0.220 e. The fourth-order valence-corrected chi connectivity index (χ4v) is 2.41. The minimum Gasteiger partial charge on any atom is -0.496 e. The largest absolute Gasteiger partial charge is 0.496 e. The molecule has 0 aliphatic carbocycles. The summed E-state index contributed by atoms with van der Waals surface area (Å²) in [5, 5.41) is 5.89. The second-order valence-corrected chi connectivity index (χ2v) is 5.05. The zero-order chi connectivity index (χ0) is 14.4. The molecule has 0 radical (unpaired) electrons. The predicted molar refractivity (Wildman–Crippen MR) is 75.6 cm³/mol. The third kappa shape index (κ3) is 4.20. The van der Waals surface area contributed by atoms with Crippen molar-refractivity contribution in [3.05, 3.63) is 29.8 Å². The van der Waals surface area contributed by atoms with Gasteiger partial charge >= 0.3 is 0 Å². The molecule has 2 unspecified atom stereocenters. The van der Waals surface area contributed by atoms with Gasteiger partial charge in [-0.15, -0.1) is 0 Å². The first-order valence-electron chi connectivity index (χ1n) is 6.95. The first kappa shape index (κ1) is 14.8. The molecule has 1 saturated heterocycles. The minimum absolute atomic E-state index is 0.0139. The van der Waals surface area contributed by atoms with Crippen LogP contribution in [0, 0.1) is 0 Å². The SMILES string of the molecule is COc1ccccc1CCC(=O)NCC1CC(F)CN1. The van der Waals surface area contributed by atoms with Crippen LogP contribution < -0.4 is 15.4 Å². The van der Waals surface area contributed by atoms with Crippen LogP contribution in [0.5, 0.6) is 5.75 Å². The van der Waals surface area contributed by atoms with E-state index >= 15 is 0 Å². The first-order valence-corrected chi connectivity index (χ1v) is 6.95. The molecule has 2 atom stereocenters. The number of amides is 1. The summed E-state index contributed by atoms with van der Waals surface area (Å²) < 4.78 is 18.2. The van der Waals surface area contributed by atoms with E-state index in [1.54, 1.807) is 7.11 Å². The molecular weight excluding hydrogens is 259 g/mol.